The molecule has 0 radical (unpaired) electrons. The van der Waals surface area contributed by atoms with Gasteiger partial charge in [-0.05, 0) is 94.4 Å². The fraction of sp³-hybridized carbons (Fsp3) is 0.464. The van der Waals surface area contributed by atoms with Crippen molar-refractivity contribution < 1.29 is 9.53 Å². The van der Waals surface area contributed by atoms with Crippen LogP contribution in [0, 0.1) is 5.92 Å². The molecule has 0 aromatic heterocycles. The summed E-state index contributed by atoms with van der Waals surface area (Å²) in [5, 5.41) is 0. The van der Waals surface area contributed by atoms with E-state index in [2.05, 4.69) is 49.3 Å². The van der Waals surface area contributed by atoms with Crippen LogP contribution < -0.4 is 4.74 Å². The van der Waals surface area contributed by atoms with E-state index in [-0.39, 0.29) is 5.91 Å². The van der Waals surface area contributed by atoms with Crippen LogP contribution in [0.5, 0.6) is 5.75 Å². The van der Waals surface area contributed by atoms with Crippen molar-refractivity contribution in [1.29, 1.82) is 0 Å². The molecule has 0 aliphatic heterocycles. The van der Waals surface area contributed by atoms with Gasteiger partial charge in [-0.2, -0.15) is 0 Å². The minimum atomic E-state index is 0.110. The predicted octanol–water partition coefficient (Wildman–Crippen LogP) is 5.71. The SMILES string of the molecule is CCN(CC)C(=O)c1cccc(C=C2CC[C@@H](CN(C)C)[C@@H](c3cccc(OC)c3)C2)c1. The number of amides is 1. The number of allylic oxidation sites excluding steroid dienone is 1. The number of benzene rings is 2. The van der Waals surface area contributed by atoms with Crippen molar-refractivity contribution in [2.24, 2.45) is 5.92 Å². The number of carbonyl (C=O) groups is 1. The zero-order valence-corrected chi connectivity index (χ0v) is 20.3. The molecule has 2 atom stereocenters. The lowest BCUT2D eigenvalue weighted by molar-refractivity contribution is 0.0773. The largest absolute Gasteiger partial charge is 0.497 e. The monoisotopic (exact) mass is 434 g/mol. The number of methoxy groups -OCH3 is 1. The maximum atomic E-state index is 12.8. The summed E-state index contributed by atoms with van der Waals surface area (Å²) in [5.74, 6) is 2.11. The predicted molar refractivity (Wildman–Crippen MR) is 133 cm³/mol. The second-order valence-electron chi connectivity index (χ2n) is 9.05. The molecule has 0 saturated heterocycles. The van der Waals surface area contributed by atoms with Gasteiger partial charge >= 0.3 is 0 Å². The van der Waals surface area contributed by atoms with E-state index >= 15 is 0 Å². The maximum Gasteiger partial charge on any atom is 0.253 e. The van der Waals surface area contributed by atoms with Crippen LogP contribution in [0.4, 0.5) is 0 Å². The molecule has 0 unspecified atom stereocenters. The topological polar surface area (TPSA) is 32.8 Å². The summed E-state index contributed by atoms with van der Waals surface area (Å²) in [6, 6.07) is 16.6. The third kappa shape index (κ3) is 6.01. The van der Waals surface area contributed by atoms with E-state index < -0.39 is 0 Å². The highest BCUT2D eigenvalue weighted by Gasteiger charge is 2.29. The summed E-state index contributed by atoms with van der Waals surface area (Å²) in [7, 11) is 6.05. The number of carbonyl (C=O) groups excluding carboxylic acids is 1. The molecule has 0 heterocycles. The highest BCUT2D eigenvalue weighted by molar-refractivity contribution is 5.94. The fourth-order valence-electron chi connectivity index (χ4n) is 4.89. The van der Waals surface area contributed by atoms with Gasteiger partial charge in [0.2, 0.25) is 0 Å². The number of ether oxygens (including phenoxy) is 1. The van der Waals surface area contributed by atoms with Crippen molar-refractivity contribution >= 4 is 12.0 Å². The van der Waals surface area contributed by atoms with Gasteiger partial charge in [-0.15, -0.1) is 0 Å². The van der Waals surface area contributed by atoms with Crippen molar-refractivity contribution in [3.05, 3.63) is 70.8 Å². The minimum Gasteiger partial charge on any atom is -0.497 e. The third-order valence-corrected chi connectivity index (χ3v) is 6.56. The summed E-state index contributed by atoms with van der Waals surface area (Å²) in [5.41, 5.74) is 4.70. The van der Waals surface area contributed by atoms with Gasteiger partial charge in [0.15, 0.2) is 0 Å². The Bertz CT molecular complexity index is 931. The Labute approximate surface area is 193 Å². The fourth-order valence-corrected chi connectivity index (χ4v) is 4.89. The lowest BCUT2D eigenvalue weighted by Crippen LogP contribution is -2.30. The molecule has 1 amide bonds. The molecule has 0 N–H and O–H groups in total. The van der Waals surface area contributed by atoms with Gasteiger partial charge < -0.3 is 14.5 Å². The van der Waals surface area contributed by atoms with Crippen LogP contribution in [0.1, 0.15) is 60.5 Å². The van der Waals surface area contributed by atoms with E-state index in [0.29, 0.717) is 11.8 Å². The van der Waals surface area contributed by atoms with Crippen molar-refractivity contribution in [2.45, 2.75) is 39.0 Å². The second kappa shape index (κ2) is 11.3. The van der Waals surface area contributed by atoms with Crippen LogP contribution in [0.2, 0.25) is 0 Å². The van der Waals surface area contributed by atoms with Gasteiger partial charge in [0.05, 0.1) is 7.11 Å². The number of hydrogen-bond donors (Lipinski definition) is 0. The molecule has 1 aliphatic rings. The molecular weight excluding hydrogens is 396 g/mol. The molecule has 2 aromatic rings. The minimum absolute atomic E-state index is 0.110. The average Bonchev–Trinajstić information content (AvgIpc) is 2.80. The van der Waals surface area contributed by atoms with Crippen LogP contribution in [-0.4, -0.2) is 56.5 Å². The van der Waals surface area contributed by atoms with Crippen LogP contribution in [0.15, 0.2) is 54.1 Å². The van der Waals surface area contributed by atoms with Crippen LogP contribution in [0.3, 0.4) is 0 Å². The zero-order chi connectivity index (χ0) is 23.1. The molecule has 1 saturated carbocycles. The van der Waals surface area contributed by atoms with Crippen LogP contribution in [0.25, 0.3) is 6.08 Å². The van der Waals surface area contributed by atoms with Gasteiger partial charge in [-0.25, -0.2) is 0 Å². The van der Waals surface area contributed by atoms with Crippen molar-refractivity contribution in [1.82, 2.24) is 9.80 Å². The molecule has 1 fully saturated rings. The Morgan fingerprint density at radius 1 is 1.09 bits per heavy atom. The molecule has 3 rings (SSSR count). The van der Waals surface area contributed by atoms with E-state index in [9.17, 15) is 4.79 Å². The Balaban J connectivity index is 1.86. The summed E-state index contributed by atoms with van der Waals surface area (Å²) < 4.78 is 5.50. The van der Waals surface area contributed by atoms with Crippen molar-refractivity contribution in [3.63, 3.8) is 0 Å². The van der Waals surface area contributed by atoms with E-state index in [1.165, 1.54) is 17.6 Å². The zero-order valence-electron chi connectivity index (χ0n) is 20.3. The van der Waals surface area contributed by atoms with Gasteiger partial charge in [0.1, 0.15) is 5.75 Å². The lowest BCUT2D eigenvalue weighted by atomic mass is 9.73. The lowest BCUT2D eigenvalue weighted by Gasteiger charge is -2.35. The van der Waals surface area contributed by atoms with Gasteiger partial charge in [0, 0.05) is 25.2 Å². The molecule has 1 aliphatic carbocycles. The second-order valence-corrected chi connectivity index (χ2v) is 9.05. The summed E-state index contributed by atoms with van der Waals surface area (Å²) >= 11 is 0. The molecular formula is C28H38N2O2. The van der Waals surface area contributed by atoms with E-state index in [0.717, 1.165) is 49.4 Å². The maximum absolute atomic E-state index is 12.8. The molecule has 172 valence electrons. The van der Waals surface area contributed by atoms with Gasteiger partial charge in [0.25, 0.3) is 5.91 Å². The van der Waals surface area contributed by atoms with E-state index in [4.69, 9.17) is 4.74 Å². The Morgan fingerprint density at radius 2 is 1.84 bits per heavy atom. The van der Waals surface area contributed by atoms with E-state index in [1.54, 1.807) is 7.11 Å². The first-order valence-corrected chi connectivity index (χ1v) is 11.8. The molecule has 2 aromatic carbocycles. The standard InChI is InChI=1S/C28H38N2O2/c1-6-30(7-2)28(31)24-12-8-10-21(17-24)16-22-14-15-25(20-29(3)4)27(18-22)23-11-9-13-26(19-23)32-5/h8-13,16-17,19,25,27H,6-7,14-15,18,20H2,1-5H3/t25-,27+/m0/s1. The Morgan fingerprint density at radius 3 is 2.53 bits per heavy atom. The first kappa shape index (κ1) is 24.1. The number of hydrogen-bond acceptors (Lipinski definition) is 3. The number of nitrogens with zero attached hydrogens (tertiary/aromatic N) is 2. The highest BCUT2D eigenvalue weighted by atomic mass is 16.5. The normalized spacial score (nSPS) is 19.9. The summed E-state index contributed by atoms with van der Waals surface area (Å²) in [6.07, 6.45) is 5.62. The molecule has 0 bridgehead atoms. The van der Waals surface area contributed by atoms with Crippen molar-refractivity contribution in [2.75, 3.05) is 40.8 Å². The first-order valence-electron chi connectivity index (χ1n) is 11.8. The number of rotatable bonds is 8. The van der Waals surface area contributed by atoms with Crippen molar-refractivity contribution in [3.8, 4) is 5.75 Å². The van der Waals surface area contributed by atoms with Gasteiger partial charge in [-0.1, -0.05) is 35.9 Å². The average molecular weight is 435 g/mol. The smallest absolute Gasteiger partial charge is 0.253 e. The molecule has 4 heteroatoms. The summed E-state index contributed by atoms with van der Waals surface area (Å²) in [4.78, 5) is 17.0. The molecule has 4 nitrogen and oxygen atoms in total. The highest BCUT2D eigenvalue weighted by Crippen LogP contribution is 2.42. The Hall–Kier alpha value is -2.59. The van der Waals surface area contributed by atoms with Crippen LogP contribution in [-0.2, 0) is 0 Å². The Kier molecular flexibility index (Phi) is 8.52. The molecule has 32 heavy (non-hydrogen) atoms. The van der Waals surface area contributed by atoms with E-state index in [1.807, 2.05) is 43.0 Å². The summed E-state index contributed by atoms with van der Waals surface area (Å²) in [6.45, 7) is 6.60. The third-order valence-electron chi connectivity index (χ3n) is 6.56. The van der Waals surface area contributed by atoms with Crippen LogP contribution >= 0.6 is 0 Å². The van der Waals surface area contributed by atoms with Gasteiger partial charge in [-0.3, -0.25) is 4.79 Å². The molecule has 0 spiro atoms. The quantitative estimate of drug-likeness (QED) is 0.534. The first-order chi connectivity index (χ1) is 15.4.